The summed E-state index contributed by atoms with van der Waals surface area (Å²) in [5, 5.41) is 4.74. The number of hydrogen-bond acceptors (Lipinski definition) is 1. The average molecular weight is 319 g/mol. The molecule has 1 N–H and O–H groups in total. The summed E-state index contributed by atoms with van der Waals surface area (Å²) in [6.07, 6.45) is 0. The molecule has 0 unspecified atom stereocenters. The number of rotatable bonds is 5. The highest BCUT2D eigenvalue weighted by Gasteiger charge is 2.27. The van der Waals surface area contributed by atoms with Gasteiger partial charge in [-0.25, -0.2) is 0 Å². The zero-order valence-corrected chi connectivity index (χ0v) is 13.6. The Labute approximate surface area is 136 Å². The number of hydrogen-bond donors (Lipinski definition) is 1. The summed E-state index contributed by atoms with van der Waals surface area (Å²) in [5.74, 6) is 0. The first-order chi connectivity index (χ1) is 11.2. The molecule has 114 valence electrons. The molecule has 0 saturated carbocycles. The van der Waals surface area contributed by atoms with Crippen LogP contribution in [0.3, 0.4) is 0 Å². The maximum absolute atomic E-state index is 13.8. The first-order valence-electron chi connectivity index (χ1n) is 7.44. The molecule has 0 heterocycles. The lowest BCUT2D eigenvalue weighted by molar-refractivity contribution is 0.584. The van der Waals surface area contributed by atoms with E-state index in [0.717, 1.165) is 16.2 Å². The summed E-state index contributed by atoms with van der Waals surface area (Å²) in [5.41, 5.74) is 1.58. The van der Waals surface area contributed by atoms with Crippen LogP contribution >= 0.6 is 7.29 Å². The lowest BCUT2D eigenvalue weighted by atomic mass is 10.2. The van der Waals surface area contributed by atoms with Gasteiger partial charge in [-0.3, -0.25) is 4.57 Å². The minimum Gasteiger partial charge on any atom is -0.329 e. The lowest BCUT2D eigenvalue weighted by Crippen LogP contribution is -2.26. The number of benzene rings is 3. The van der Waals surface area contributed by atoms with E-state index in [-0.39, 0.29) is 0 Å². The van der Waals surface area contributed by atoms with Crippen LogP contribution in [0, 0.1) is 0 Å². The molecule has 0 bridgehead atoms. The zero-order valence-electron chi connectivity index (χ0n) is 12.7. The van der Waals surface area contributed by atoms with Gasteiger partial charge in [0.15, 0.2) is 0 Å². The van der Waals surface area contributed by atoms with Crippen LogP contribution in [0.5, 0.6) is 0 Å². The molecular weight excluding hydrogens is 301 g/mol. The third kappa shape index (κ3) is 3.28. The standard InChI is InChI=1S/C20H18NOP/c1-17(18-11-5-2-6-12-18)21-23(22,19-13-7-3-8-14-19)20-15-9-4-10-16-20/h2-16H,1H2,(H,21,22). The van der Waals surface area contributed by atoms with Gasteiger partial charge in [-0.1, -0.05) is 73.3 Å². The molecule has 23 heavy (non-hydrogen) atoms. The van der Waals surface area contributed by atoms with Crippen molar-refractivity contribution >= 4 is 23.6 Å². The second-order valence-corrected chi connectivity index (χ2v) is 7.71. The van der Waals surface area contributed by atoms with Gasteiger partial charge in [0, 0.05) is 16.3 Å². The van der Waals surface area contributed by atoms with E-state index in [0.29, 0.717) is 5.70 Å². The molecule has 0 amide bonds. The molecule has 2 nitrogen and oxygen atoms in total. The van der Waals surface area contributed by atoms with Crippen molar-refractivity contribution in [3.8, 4) is 0 Å². The van der Waals surface area contributed by atoms with Crippen LogP contribution in [0.4, 0.5) is 0 Å². The van der Waals surface area contributed by atoms with Gasteiger partial charge in [0.05, 0.1) is 0 Å². The Bertz CT molecular complexity index is 786. The van der Waals surface area contributed by atoms with Crippen molar-refractivity contribution in [2.45, 2.75) is 0 Å². The fraction of sp³-hybridized carbons (Fsp3) is 0. The van der Waals surface area contributed by atoms with Gasteiger partial charge in [-0.2, -0.15) is 0 Å². The summed E-state index contributed by atoms with van der Waals surface area (Å²) in [6.45, 7) is 4.08. The number of nitrogens with one attached hydrogen (secondary N) is 1. The van der Waals surface area contributed by atoms with Gasteiger partial charge in [-0.05, 0) is 29.8 Å². The van der Waals surface area contributed by atoms with Crippen LogP contribution in [-0.4, -0.2) is 0 Å². The molecule has 0 saturated heterocycles. The molecule has 3 aromatic rings. The van der Waals surface area contributed by atoms with Crippen LogP contribution in [-0.2, 0) is 4.57 Å². The zero-order chi connectivity index (χ0) is 16.1. The van der Waals surface area contributed by atoms with E-state index in [1.165, 1.54) is 0 Å². The van der Waals surface area contributed by atoms with Crippen molar-refractivity contribution in [3.05, 3.63) is 103 Å². The summed E-state index contributed by atoms with van der Waals surface area (Å²) in [6, 6.07) is 28.7. The van der Waals surface area contributed by atoms with Crippen molar-refractivity contribution in [2.24, 2.45) is 0 Å². The molecule has 0 spiro atoms. The van der Waals surface area contributed by atoms with E-state index in [1.807, 2.05) is 91.0 Å². The van der Waals surface area contributed by atoms with Gasteiger partial charge < -0.3 is 5.09 Å². The SMILES string of the molecule is C=C(NP(=O)(c1ccccc1)c1ccccc1)c1ccccc1. The third-order valence-electron chi connectivity index (χ3n) is 3.65. The van der Waals surface area contributed by atoms with E-state index < -0.39 is 7.29 Å². The van der Waals surface area contributed by atoms with Crippen molar-refractivity contribution in [1.29, 1.82) is 0 Å². The van der Waals surface area contributed by atoms with Crippen LogP contribution in [0.2, 0.25) is 0 Å². The minimum atomic E-state index is -3.00. The van der Waals surface area contributed by atoms with E-state index in [4.69, 9.17) is 0 Å². The van der Waals surface area contributed by atoms with Crippen molar-refractivity contribution in [1.82, 2.24) is 5.09 Å². The Hall–Kier alpha value is -2.57. The van der Waals surface area contributed by atoms with Crippen LogP contribution < -0.4 is 15.7 Å². The molecular formula is C20H18NOP. The highest BCUT2D eigenvalue weighted by atomic mass is 31.2. The molecule has 0 aliphatic rings. The predicted octanol–water partition coefficient (Wildman–Crippen LogP) is 4.18. The summed E-state index contributed by atoms with van der Waals surface area (Å²) in [4.78, 5) is 0. The van der Waals surface area contributed by atoms with E-state index >= 15 is 0 Å². The normalized spacial score (nSPS) is 11.0. The van der Waals surface area contributed by atoms with Crippen molar-refractivity contribution < 1.29 is 4.57 Å². The van der Waals surface area contributed by atoms with Gasteiger partial charge in [0.1, 0.15) is 0 Å². The van der Waals surface area contributed by atoms with Crippen LogP contribution in [0.15, 0.2) is 97.6 Å². The average Bonchev–Trinajstić information content (AvgIpc) is 2.64. The fourth-order valence-corrected chi connectivity index (χ4v) is 4.70. The Morgan fingerprint density at radius 2 is 1.09 bits per heavy atom. The van der Waals surface area contributed by atoms with Crippen molar-refractivity contribution in [3.63, 3.8) is 0 Å². The maximum atomic E-state index is 13.8. The first-order valence-corrected chi connectivity index (χ1v) is 9.15. The Balaban J connectivity index is 2.04. The van der Waals surface area contributed by atoms with E-state index in [1.54, 1.807) is 0 Å². The smallest absolute Gasteiger partial charge is 0.227 e. The van der Waals surface area contributed by atoms with Crippen LogP contribution in [0.1, 0.15) is 5.56 Å². The molecule has 3 rings (SSSR count). The molecule has 0 fully saturated rings. The largest absolute Gasteiger partial charge is 0.329 e. The van der Waals surface area contributed by atoms with Crippen LogP contribution in [0.25, 0.3) is 5.70 Å². The fourth-order valence-electron chi connectivity index (χ4n) is 2.45. The Morgan fingerprint density at radius 1 is 0.696 bits per heavy atom. The Morgan fingerprint density at radius 3 is 1.52 bits per heavy atom. The van der Waals surface area contributed by atoms with E-state index in [9.17, 15) is 4.57 Å². The predicted molar refractivity (Wildman–Crippen MR) is 98.4 cm³/mol. The first kappa shape index (κ1) is 15.3. The minimum absolute atomic E-state index is 0.654. The second kappa shape index (κ2) is 6.68. The summed E-state index contributed by atoms with van der Waals surface area (Å²) >= 11 is 0. The topological polar surface area (TPSA) is 29.1 Å². The lowest BCUT2D eigenvalue weighted by Gasteiger charge is -2.23. The van der Waals surface area contributed by atoms with Gasteiger partial charge >= 0.3 is 0 Å². The van der Waals surface area contributed by atoms with Gasteiger partial charge in [0.2, 0.25) is 7.29 Å². The molecule has 3 aromatic carbocycles. The maximum Gasteiger partial charge on any atom is 0.227 e. The quantitative estimate of drug-likeness (QED) is 0.715. The second-order valence-electron chi connectivity index (χ2n) is 5.24. The van der Waals surface area contributed by atoms with Gasteiger partial charge in [0.25, 0.3) is 0 Å². The van der Waals surface area contributed by atoms with E-state index in [2.05, 4.69) is 11.7 Å². The monoisotopic (exact) mass is 319 g/mol. The molecule has 0 radical (unpaired) electrons. The molecule has 0 atom stereocenters. The molecule has 0 aliphatic carbocycles. The molecule has 0 aliphatic heterocycles. The molecule has 3 heteroatoms. The molecule has 0 aromatic heterocycles. The Kier molecular flexibility index (Phi) is 4.45. The third-order valence-corrected chi connectivity index (χ3v) is 6.29. The van der Waals surface area contributed by atoms with Crippen molar-refractivity contribution in [2.75, 3.05) is 0 Å². The summed E-state index contributed by atoms with van der Waals surface area (Å²) < 4.78 is 13.8. The van der Waals surface area contributed by atoms with Gasteiger partial charge in [-0.15, -0.1) is 0 Å². The highest BCUT2D eigenvalue weighted by Crippen LogP contribution is 2.41. The summed E-state index contributed by atoms with van der Waals surface area (Å²) in [7, 11) is -3.00. The highest BCUT2D eigenvalue weighted by molar-refractivity contribution is 7.77.